The highest BCUT2D eigenvalue weighted by Gasteiger charge is 2.42. The lowest BCUT2D eigenvalue weighted by Gasteiger charge is -2.34. The molecule has 2 unspecified atom stereocenters. The Morgan fingerprint density at radius 3 is 2.12 bits per heavy atom. The summed E-state index contributed by atoms with van der Waals surface area (Å²) in [6.07, 6.45) is 6.71. The SMILES string of the molecule is NC1C=C(Cc2ccccc2)C=CC1(Cc1ccccc1)C(=O)O. The van der Waals surface area contributed by atoms with Gasteiger partial charge in [0.05, 0.1) is 0 Å². The second kappa shape index (κ2) is 6.85. The molecule has 3 rings (SSSR count). The Kier molecular flexibility index (Phi) is 4.63. The average molecular weight is 319 g/mol. The van der Waals surface area contributed by atoms with Gasteiger partial charge in [-0.2, -0.15) is 0 Å². The van der Waals surface area contributed by atoms with Gasteiger partial charge in [0.25, 0.3) is 0 Å². The lowest BCUT2D eigenvalue weighted by Crippen LogP contribution is -2.48. The standard InChI is InChI=1S/C21H21NO2/c22-19-14-18(13-16-7-3-1-4-8-16)11-12-21(19,20(23)24)15-17-9-5-2-6-10-17/h1-12,14,19H,13,15,22H2,(H,23,24). The number of carbonyl (C=O) groups is 1. The average Bonchev–Trinajstić information content (AvgIpc) is 2.59. The van der Waals surface area contributed by atoms with E-state index in [1.165, 1.54) is 5.56 Å². The molecule has 0 saturated carbocycles. The van der Waals surface area contributed by atoms with Crippen LogP contribution in [0.2, 0.25) is 0 Å². The molecule has 3 heteroatoms. The van der Waals surface area contributed by atoms with Crippen LogP contribution in [0.3, 0.4) is 0 Å². The summed E-state index contributed by atoms with van der Waals surface area (Å²) in [4.78, 5) is 12.0. The van der Waals surface area contributed by atoms with E-state index in [9.17, 15) is 9.90 Å². The van der Waals surface area contributed by atoms with Crippen molar-refractivity contribution in [3.63, 3.8) is 0 Å². The molecule has 0 heterocycles. The molecular weight excluding hydrogens is 298 g/mol. The van der Waals surface area contributed by atoms with Crippen molar-refractivity contribution in [2.75, 3.05) is 0 Å². The summed E-state index contributed by atoms with van der Waals surface area (Å²) < 4.78 is 0. The van der Waals surface area contributed by atoms with Crippen molar-refractivity contribution < 1.29 is 9.90 Å². The maximum atomic E-state index is 12.0. The molecule has 0 amide bonds. The van der Waals surface area contributed by atoms with Crippen LogP contribution >= 0.6 is 0 Å². The third-order valence-corrected chi connectivity index (χ3v) is 4.57. The Bertz CT molecular complexity index is 765. The molecule has 0 bridgehead atoms. The van der Waals surface area contributed by atoms with Crippen molar-refractivity contribution in [2.24, 2.45) is 11.1 Å². The number of hydrogen-bond donors (Lipinski definition) is 2. The van der Waals surface area contributed by atoms with Crippen molar-refractivity contribution in [2.45, 2.75) is 18.9 Å². The summed E-state index contributed by atoms with van der Waals surface area (Å²) >= 11 is 0. The number of benzene rings is 2. The van der Waals surface area contributed by atoms with Crippen molar-refractivity contribution in [1.29, 1.82) is 0 Å². The zero-order chi connectivity index (χ0) is 17.0. The van der Waals surface area contributed by atoms with E-state index in [0.29, 0.717) is 6.42 Å². The molecule has 0 fully saturated rings. The summed E-state index contributed by atoms with van der Waals surface area (Å²) in [6, 6.07) is 19.2. The van der Waals surface area contributed by atoms with Gasteiger partial charge >= 0.3 is 5.97 Å². The molecule has 3 N–H and O–H groups in total. The van der Waals surface area contributed by atoms with E-state index in [4.69, 9.17) is 5.73 Å². The molecule has 122 valence electrons. The third kappa shape index (κ3) is 3.31. The van der Waals surface area contributed by atoms with Gasteiger partial charge in [-0.1, -0.05) is 78.9 Å². The molecule has 1 aliphatic rings. The highest BCUT2D eigenvalue weighted by atomic mass is 16.4. The number of carboxylic acid groups (broad SMARTS) is 1. The van der Waals surface area contributed by atoms with Crippen LogP contribution in [0.1, 0.15) is 11.1 Å². The summed E-state index contributed by atoms with van der Waals surface area (Å²) in [5, 5.41) is 9.84. The predicted octanol–water partition coefficient (Wildman–Crippen LogP) is 3.37. The molecule has 0 aliphatic heterocycles. The van der Waals surface area contributed by atoms with E-state index >= 15 is 0 Å². The first-order chi connectivity index (χ1) is 11.6. The molecule has 2 atom stereocenters. The third-order valence-electron chi connectivity index (χ3n) is 4.57. The Labute approximate surface area is 142 Å². The summed E-state index contributed by atoms with van der Waals surface area (Å²) in [6.45, 7) is 0. The van der Waals surface area contributed by atoms with Crippen LogP contribution in [0.15, 0.2) is 84.5 Å². The van der Waals surface area contributed by atoms with Crippen molar-refractivity contribution in [3.8, 4) is 0 Å². The second-order valence-corrected chi connectivity index (χ2v) is 6.27. The van der Waals surface area contributed by atoms with E-state index in [1.807, 2.05) is 60.7 Å². The maximum absolute atomic E-state index is 12.0. The molecule has 0 spiro atoms. The topological polar surface area (TPSA) is 63.3 Å². The van der Waals surface area contributed by atoms with Crippen LogP contribution in [0.5, 0.6) is 0 Å². The van der Waals surface area contributed by atoms with E-state index in [2.05, 4.69) is 12.1 Å². The molecule has 3 nitrogen and oxygen atoms in total. The van der Waals surface area contributed by atoms with Crippen LogP contribution in [0.4, 0.5) is 0 Å². The van der Waals surface area contributed by atoms with Crippen LogP contribution < -0.4 is 5.73 Å². The van der Waals surface area contributed by atoms with E-state index in [0.717, 1.165) is 17.6 Å². The van der Waals surface area contributed by atoms with Crippen molar-refractivity contribution >= 4 is 5.97 Å². The van der Waals surface area contributed by atoms with Gasteiger partial charge < -0.3 is 10.8 Å². The lowest BCUT2D eigenvalue weighted by molar-refractivity contribution is -0.146. The van der Waals surface area contributed by atoms with Crippen LogP contribution in [0, 0.1) is 5.41 Å². The fraction of sp³-hybridized carbons (Fsp3) is 0.190. The first-order valence-electron chi connectivity index (χ1n) is 8.07. The summed E-state index contributed by atoms with van der Waals surface area (Å²) in [7, 11) is 0. The number of nitrogens with two attached hydrogens (primary N) is 1. The zero-order valence-corrected chi connectivity index (χ0v) is 13.4. The number of allylic oxidation sites excluding steroid dienone is 2. The molecule has 24 heavy (non-hydrogen) atoms. The van der Waals surface area contributed by atoms with Crippen molar-refractivity contribution in [3.05, 3.63) is 95.6 Å². The van der Waals surface area contributed by atoms with Crippen LogP contribution in [0.25, 0.3) is 0 Å². The molecule has 0 aromatic heterocycles. The number of hydrogen-bond acceptors (Lipinski definition) is 2. The Balaban J connectivity index is 1.83. The highest BCUT2D eigenvalue weighted by Crippen LogP contribution is 2.34. The van der Waals surface area contributed by atoms with E-state index in [1.54, 1.807) is 6.08 Å². The van der Waals surface area contributed by atoms with Crippen LogP contribution in [-0.4, -0.2) is 17.1 Å². The van der Waals surface area contributed by atoms with Gasteiger partial charge in [0.15, 0.2) is 0 Å². The van der Waals surface area contributed by atoms with Gasteiger partial charge in [-0.3, -0.25) is 4.79 Å². The van der Waals surface area contributed by atoms with Gasteiger partial charge in [0.1, 0.15) is 5.41 Å². The second-order valence-electron chi connectivity index (χ2n) is 6.27. The number of rotatable bonds is 5. The lowest BCUT2D eigenvalue weighted by atomic mass is 9.71. The molecule has 1 aliphatic carbocycles. The van der Waals surface area contributed by atoms with Gasteiger partial charge in [0.2, 0.25) is 0 Å². The van der Waals surface area contributed by atoms with Gasteiger partial charge in [0, 0.05) is 6.04 Å². The smallest absolute Gasteiger partial charge is 0.315 e. The largest absolute Gasteiger partial charge is 0.481 e. The van der Waals surface area contributed by atoms with E-state index < -0.39 is 17.4 Å². The highest BCUT2D eigenvalue weighted by molar-refractivity contribution is 5.80. The number of carboxylic acids is 1. The normalized spacial score (nSPS) is 22.9. The van der Waals surface area contributed by atoms with Crippen molar-refractivity contribution in [1.82, 2.24) is 0 Å². The molecule has 2 aromatic carbocycles. The summed E-state index contributed by atoms with van der Waals surface area (Å²) in [5.74, 6) is -0.884. The Hall–Kier alpha value is -2.65. The summed E-state index contributed by atoms with van der Waals surface area (Å²) in [5.41, 5.74) is 8.42. The van der Waals surface area contributed by atoms with Crippen LogP contribution in [-0.2, 0) is 17.6 Å². The zero-order valence-electron chi connectivity index (χ0n) is 13.4. The molecule has 0 radical (unpaired) electrons. The molecule has 0 saturated heterocycles. The fourth-order valence-electron chi connectivity index (χ4n) is 3.15. The molecule has 2 aromatic rings. The minimum Gasteiger partial charge on any atom is -0.481 e. The Morgan fingerprint density at radius 2 is 1.58 bits per heavy atom. The minimum atomic E-state index is -1.10. The van der Waals surface area contributed by atoms with Gasteiger partial charge in [-0.15, -0.1) is 0 Å². The first kappa shape index (κ1) is 16.2. The fourth-order valence-corrected chi connectivity index (χ4v) is 3.15. The monoisotopic (exact) mass is 319 g/mol. The van der Waals surface area contributed by atoms with E-state index in [-0.39, 0.29) is 0 Å². The number of aliphatic carboxylic acids is 1. The maximum Gasteiger partial charge on any atom is 0.315 e. The predicted molar refractivity (Wildman–Crippen MR) is 95.6 cm³/mol. The van der Waals surface area contributed by atoms with Gasteiger partial charge in [-0.25, -0.2) is 0 Å². The minimum absolute atomic E-state index is 0.385. The quantitative estimate of drug-likeness (QED) is 0.888. The van der Waals surface area contributed by atoms with Gasteiger partial charge in [-0.05, 0) is 29.5 Å². The molecular formula is C21H21NO2. The first-order valence-corrected chi connectivity index (χ1v) is 8.07. The Morgan fingerprint density at radius 1 is 1.00 bits per heavy atom.